The Kier molecular flexibility index (Phi) is 11.4. The molecule has 1 atom stereocenters. The van der Waals surface area contributed by atoms with Crippen LogP contribution in [0, 0.1) is 5.92 Å². The van der Waals surface area contributed by atoms with Gasteiger partial charge in [0.25, 0.3) is 5.91 Å². The van der Waals surface area contributed by atoms with Crippen LogP contribution in [0.25, 0.3) is 0 Å². The van der Waals surface area contributed by atoms with Gasteiger partial charge in [0.1, 0.15) is 5.69 Å². The fourth-order valence-electron chi connectivity index (χ4n) is 3.80. The van der Waals surface area contributed by atoms with Crippen LogP contribution in [0.1, 0.15) is 42.2 Å². The summed E-state index contributed by atoms with van der Waals surface area (Å²) < 4.78 is 1.95. The smallest absolute Gasteiger partial charge is 0.271 e. The number of rotatable bonds is 7. The molecular formula is C19H36Cl2N6O. The first-order chi connectivity index (χ1) is 12.6. The third-order valence-corrected chi connectivity index (χ3v) is 5.61. The Morgan fingerprint density at radius 1 is 1.29 bits per heavy atom. The second-order valence-corrected chi connectivity index (χ2v) is 7.98. The van der Waals surface area contributed by atoms with E-state index in [-0.39, 0.29) is 30.7 Å². The van der Waals surface area contributed by atoms with Crippen molar-refractivity contribution in [2.45, 2.75) is 31.7 Å². The van der Waals surface area contributed by atoms with E-state index in [4.69, 9.17) is 0 Å². The van der Waals surface area contributed by atoms with Crippen LogP contribution in [0.15, 0.2) is 12.3 Å². The molecule has 162 valence electrons. The summed E-state index contributed by atoms with van der Waals surface area (Å²) in [7, 11) is 4.24. The molecule has 0 spiro atoms. The first-order valence-corrected chi connectivity index (χ1v) is 10.0. The standard InChI is InChI=1S/C19H34N6O.2ClH/c1-23(2)12-13-24-9-5-16(6-10-24)14-21-19(26)18-7-11-25(22-18)17-4-3-8-20-15-17;;/h7,11,16-17,20H,3-6,8-10,12-15H2,1-2H3,(H,21,26);2*1H. The first kappa shape index (κ1) is 25.2. The molecule has 2 aliphatic heterocycles. The predicted octanol–water partition coefficient (Wildman–Crippen LogP) is 1.65. The van der Waals surface area contributed by atoms with Gasteiger partial charge < -0.3 is 20.4 Å². The van der Waals surface area contributed by atoms with Crippen LogP contribution in [-0.4, -0.2) is 85.4 Å². The lowest BCUT2D eigenvalue weighted by Crippen LogP contribution is -2.41. The molecule has 1 aromatic heterocycles. The average molecular weight is 435 g/mol. The highest BCUT2D eigenvalue weighted by Crippen LogP contribution is 2.17. The predicted molar refractivity (Wildman–Crippen MR) is 118 cm³/mol. The maximum absolute atomic E-state index is 12.4. The number of likely N-dealkylation sites (tertiary alicyclic amines) is 1. The van der Waals surface area contributed by atoms with Crippen molar-refractivity contribution in [1.29, 1.82) is 0 Å². The zero-order chi connectivity index (χ0) is 18.4. The van der Waals surface area contributed by atoms with Crippen molar-refractivity contribution in [3.8, 4) is 0 Å². The number of halogens is 2. The van der Waals surface area contributed by atoms with E-state index in [1.165, 1.54) is 6.42 Å². The van der Waals surface area contributed by atoms with Crippen molar-refractivity contribution in [2.24, 2.45) is 5.92 Å². The quantitative estimate of drug-likeness (QED) is 0.682. The van der Waals surface area contributed by atoms with Gasteiger partial charge in [-0.2, -0.15) is 5.10 Å². The molecule has 3 rings (SSSR count). The number of aromatic nitrogens is 2. The number of piperidine rings is 2. The third-order valence-electron chi connectivity index (χ3n) is 5.61. The van der Waals surface area contributed by atoms with Crippen LogP contribution >= 0.6 is 24.8 Å². The molecule has 0 bridgehead atoms. The molecule has 1 unspecified atom stereocenters. The lowest BCUT2D eigenvalue weighted by molar-refractivity contribution is 0.0928. The highest BCUT2D eigenvalue weighted by molar-refractivity contribution is 5.92. The molecule has 2 aliphatic rings. The monoisotopic (exact) mass is 434 g/mol. The summed E-state index contributed by atoms with van der Waals surface area (Å²) in [5.74, 6) is 0.543. The summed E-state index contributed by atoms with van der Waals surface area (Å²) >= 11 is 0. The Morgan fingerprint density at radius 3 is 2.68 bits per heavy atom. The molecule has 1 amide bonds. The molecule has 28 heavy (non-hydrogen) atoms. The van der Waals surface area contributed by atoms with E-state index in [0.717, 1.165) is 65.1 Å². The molecule has 2 fully saturated rings. The van der Waals surface area contributed by atoms with E-state index in [1.54, 1.807) is 0 Å². The van der Waals surface area contributed by atoms with Gasteiger partial charge in [-0.05, 0) is 71.4 Å². The number of carbonyl (C=O) groups is 1. The van der Waals surface area contributed by atoms with Crippen LogP contribution in [0.2, 0.25) is 0 Å². The van der Waals surface area contributed by atoms with Gasteiger partial charge in [0.15, 0.2) is 0 Å². The Labute approximate surface area is 181 Å². The summed E-state index contributed by atoms with van der Waals surface area (Å²) in [6.07, 6.45) is 6.56. The normalized spacial score (nSPS) is 21.0. The Balaban J connectivity index is 0.00000196. The maximum atomic E-state index is 12.4. The molecule has 2 N–H and O–H groups in total. The minimum atomic E-state index is -0.0393. The summed E-state index contributed by atoms with van der Waals surface area (Å²) in [5, 5.41) is 11.0. The molecule has 1 aromatic rings. The maximum Gasteiger partial charge on any atom is 0.271 e. The average Bonchev–Trinajstić information content (AvgIpc) is 3.16. The second kappa shape index (κ2) is 12.6. The third kappa shape index (κ3) is 7.52. The molecule has 7 nitrogen and oxygen atoms in total. The molecule has 0 saturated carbocycles. The number of hydrogen-bond acceptors (Lipinski definition) is 5. The van der Waals surface area contributed by atoms with Crippen LogP contribution in [0.4, 0.5) is 0 Å². The number of carbonyl (C=O) groups excluding carboxylic acids is 1. The highest BCUT2D eigenvalue weighted by atomic mass is 35.5. The van der Waals surface area contributed by atoms with E-state index in [9.17, 15) is 4.79 Å². The van der Waals surface area contributed by atoms with Gasteiger partial charge in [-0.25, -0.2) is 0 Å². The van der Waals surface area contributed by atoms with Crippen molar-refractivity contribution >= 4 is 30.7 Å². The summed E-state index contributed by atoms with van der Waals surface area (Å²) in [6, 6.07) is 2.21. The van der Waals surface area contributed by atoms with Crippen LogP contribution in [0.3, 0.4) is 0 Å². The lowest BCUT2D eigenvalue weighted by atomic mass is 9.97. The zero-order valence-electron chi connectivity index (χ0n) is 17.1. The Hall–Kier alpha value is -0.860. The van der Waals surface area contributed by atoms with Crippen LogP contribution < -0.4 is 10.6 Å². The van der Waals surface area contributed by atoms with Crippen molar-refractivity contribution in [3.05, 3.63) is 18.0 Å². The van der Waals surface area contributed by atoms with Gasteiger partial charge >= 0.3 is 0 Å². The minimum Gasteiger partial charge on any atom is -0.350 e. The molecule has 0 aliphatic carbocycles. The molecule has 9 heteroatoms. The van der Waals surface area contributed by atoms with E-state index >= 15 is 0 Å². The summed E-state index contributed by atoms with van der Waals surface area (Å²) in [5.41, 5.74) is 0.541. The van der Waals surface area contributed by atoms with E-state index in [2.05, 4.69) is 39.6 Å². The molecule has 0 aromatic carbocycles. The van der Waals surface area contributed by atoms with Crippen molar-refractivity contribution in [3.63, 3.8) is 0 Å². The Bertz CT molecular complexity index is 569. The van der Waals surface area contributed by atoms with Crippen molar-refractivity contribution in [1.82, 2.24) is 30.2 Å². The number of hydrogen-bond donors (Lipinski definition) is 2. The first-order valence-electron chi connectivity index (χ1n) is 10.0. The topological polar surface area (TPSA) is 65.4 Å². The second-order valence-electron chi connectivity index (χ2n) is 7.98. The summed E-state index contributed by atoms with van der Waals surface area (Å²) in [4.78, 5) is 17.2. The fourth-order valence-corrected chi connectivity index (χ4v) is 3.80. The van der Waals surface area contributed by atoms with Gasteiger partial charge in [-0.15, -0.1) is 24.8 Å². The molecule has 3 heterocycles. The number of likely N-dealkylation sites (N-methyl/N-ethyl adjacent to an activating group) is 1. The minimum absolute atomic E-state index is 0. The molecular weight excluding hydrogens is 399 g/mol. The highest BCUT2D eigenvalue weighted by Gasteiger charge is 2.21. The van der Waals surface area contributed by atoms with E-state index in [1.807, 2.05) is 16.9 Å². The van der Waals surface area contributed by atoms with Crippen LogP contribution in [-0.2, 0) is 0 Å². The SMILES string of the molecule is CN(C)CCN1CCC(CNC(=O)c2ccn(C3CCCNC3)n2)CC1.Cl.Cl. The van der Waals surface area contributed by atoms with E-state index in [0.29, 0.717) is 17.7 Å². The van der Waals surface area contributed by atoms with Gasteiger partial charge in [0.2, 0.25) is 0 Å². The van der Waals surface area contributed by atoms with Gasteiger partial charge in [0, 0.05) is 32.4 Å². The number of nitrogens with one attached hydrogen (secondary N) is 2. The molecule has 0 radical (unpaired) electrons. The van der Waals surface area contributed by atoms with E-state index < -0.39 is 0 Å². The number of nitrogens with zero attached hydrogens (tertiary/aromatic N) is 4. The number of amides is 1. The lowest BCUT2D eigenvalue weighted by Gasteiger charge is -2.32. The largest absolute Gasteiger partial charge is 0.350 e. The molecule has 2 saturated heterocycles. The van der Waals surface area contributed by atoms with Gasteiger partial charge in [0.05, 0.1) is 6.04 Å². The van der Waals surface area contributed by atoms with Gasteiger partial charge in [-0.1, -0.05) is 0 Å². The van der Waals surface area contributed by atoms with Crippen molar-refractivity contribution < 1.29 is 4.79 Å². The van der Waals surface area contributed by atoms with Gasteiger partial charge in [-0.3, -0.25) is 9.48 Å². The van der Waals surface area contributed by atoms with Crippen molar-refractivity contribution in [2.75, 3.05) is 59.9 Å². The van der Waals surface area contributed by atoms with Crippen LogP contribution in [0.5, 0.6) is 0 Å². The zero-order valence-corrected chi connectivity index (χ0v) is 18.7. The summed E-state index contributed by atoms with van der Waals surface area (Å²) in [6.45, 7) is 7.31. The fraction of sp³-hybridized carbons (Fsp3) is 0.789. The Morgan fingerprint density at radius 2 is 2.04 bits per heavy atom.